The van der Waals surface area contributed by atoms with Gasteiger partial charge in [0.1, 0.15) is 0 Å². The molecule has 0 aliphatic heterocycles. The van der Waals surface area contributed by atoms with Gasteiger partial charge >= 0.3 is 7.60 Å². The van der Waals surface area contributed by atoms with Crippen molar-refractivity contribution in [3.63, 3.8) is 0 Å². The van der Waals surface area contributed by atoms with Crippen molar-refractivity contribution >= 4 is 13.5 Å². The van der Waals surface area contributed by atoms with Gasteiger partial charge in [0.15, 0.2) is 5.82 Å². The molecule has 7 nitrogen and oxygen atoms in total. The lowest BCUT2D eigenvalue weighted by molar-refractivity contribution is 0.0950. The lowest BCUT2D eigenvalue weighted by Gasteiger charge is -2.17. The van der Waals surface area contributed by atoms with Crippen LogP contribution in [0.5, 0.6) is 0 Å². The molecule has 1 aromatic heterocycles. The van der Waals surface area contributed by atoms with E-state index in [9.17, 15) is 9.36 Å². The first kappa shape index (κ1) is 22.8. The van der Waals surface area contributed by atoms with E-state index in [2.05, 4.69) is 15.3 Å². The maximum atomic E-state index is 12.6. The third-order valence-electron chi connectivity index (χ3n) is 4.45. The number of benzene rings is 2. The van der Waals surface area contributed by atoms with Crippen LogP contribution in [0.1, 0.15) is 35.3 Å². The topological polar surface area (TPSA) is 90.4 Å². The zero-order chi connectivity index (χ0) is 22.1. The lowest BCUT2D eigenvalue weighted by atomic mass is 10.1. The molecule has 0 aliphatic rings. The number of rotatable bonds is 10. The summed E-state index contributed by atoms with van der Waals surface area (Å²) in [6, 6.07) is 17.1. The number of hydrogen-bond acceptors (Lipinski definition) is 6. The number of nitrogens with one attached hydrogen (secondary N) is 1. The first-order valence-electron chi connectivity index (χ1n) is 10.1. The van der Waals surface area contributed by atoms with Gasteiger partial charge in [-0.2, -0.15) is 0 Å². The zero-order valence-electron chi connectivity index (χ0n) is 17.7. The Labute approximate surface area is 182 Å². The van der Waals surface area contributed by atoms with Crippen molar-refractivity contribution in [2.24, 2.45) is 0 Å². The third-order valence-corrected chi connectivity index (χ3v) is 6.51. The van der Waals surface area contributed by atoms with Gasteiger partial charge in [0.05, 0.1) is 24.9 Å². The van der Waals surface area contributed by atoms with Crippen LogP contribution in [0, 0.1) is 0 Å². The van der Waals surface area contributed by atoms with Gasteiger partial charge in [0.25, 0.3) is 5.91 Å². The maximum absolute atomic E-state index is 12.6. The molecule has 8 heteroatoms. The number of hydrogen-bond donors (Lipinski definition) is 1. The van der Waals surface area contributed by atoms with Gasteiger partial charge in [-0.05, 0) is 25.0 Å². The highest BCUT2D eigenvalue weighted by atomic mass is 31.2. The fraction of sp³-hybridized carbons (Fsp3) is 0.261. The highest BCUT2D eigenvalue weighted by Crippen LogP contribution is 2.51. The number of aromatic nitrogens is 2. The summed E-state index contributed by atoms with van der Waals surface area (Å²) in [5, 5.41) is 2.86. The lowest BCUT2D eigenvalue weighted by Crippen LogP contribution is -2.23. The van der Waals surface area contributed by atoms with E-state index in [1.165, 1.54) is 12.4 Å². The van der Waals surface area contributed by atoms with Crippen molar-refractivity contribution in [1.29, 1.82) is 0 Å². The van der Waals surface area contributed by atoms with Crippen molar-refractivity contribution in [3.05, 3.63) is 83.7 Å². The molecule has 1 amide bonds. The highest BCUT2D eigenvalue weighted by molar-refractivity contribution is 7.53. The Hall–Kier alpha value is -2.86. The van der Waals surface area contributed by atoms with E-state index in [4.69, 9.17) is 9.05 Å². The first-order chi connectivity index (χ1) is 15.0. The average Bonchev–Trinajstić information content (AvgIpc) is 2.79. The molecule has 0 bridgehead atoms. The molecule has 1 heterocycles. The van der Waals surface area contributed by atoms with E-state index in [1.54, 1.807) is 13.8 Å². The fourth-order valence-electron chi connectivity index (χ4n) is 2.97. The molecule has 2 aromatic carbocycles. The van der Waals surface area contributed by atoms with E-state index in [1.807, 2.05) is 54.6 Å². The third kappa shape index (κ3) is 6.56. The van der Waals surface area contributed by atoms with Gasteiger partial charge in [-0.15, -0.1) is 0 Å². The summed E-state index contributed by atoms with van der Waals surface area (Å²) in [7, 11) is -3.14. The molecule has 3 aromatic rings. The molecule has 31 heavy (non-hydrogen) atoms. The molecule has 0 radical (unpaired) electrons. The van der Waals surface area contributed by atoms with E-state index < -0.39 is 7.60 Å². The van der Waals surface area contributed by atoms with Gasteiger partial charge in [0, 0.05) is 24.5 Å². The summed E-state index contributed by atoms with van der Waals surface area (Å²) in [5.74, 6) is 0.324. The molecular weight excluding hydrogens is 413 g/mol. The van der Waals surface area contributed by atoms with Crippen molar-refractivity contribution in [2.75, 3.05) is 13.2 Å². The fourth-order valence-corrected chi connectivity index (χ4v) is 4.68. The summed E-state index contributed by atoms with van der Waals surface area (Å²) < 4.78 is 23.3. The van der Waals surface area contributed by atoms with Crippen molar-refractivity contribution in [1.82, 2.24) is 15.3 Å². The Morgan fingerprint density at radius 2 is 1.48 bits per heavy atom. The van der Waals surface area contributed by atoms with Gasteiger partial charge in [-0.25, -0.2) is 9.97 Å². The van der Waals surface area contributed by atoms with Crippen LogP contribution in [0.25, 0.3) is 11.4 Å². The Kier molecular flexibility index (Phi) is 8.06. The molecule has 0 atom stereocenters. The Balaban J connectivity index is 1.56. The molecule has 162 valence electrons. The van der Waals surface area contributed by atoms with Crippen LogP contribution in [-0.2, 0) is 26.3 Å². The van der Waals surface area contributed by atoms with Crippen molar-refractivity contribution < 1.29 is 18.4 Å². The SMILES string of the molecule is CCOP(=O)(Cc1ccc(CNC(=O)c2cnc(-c3ccccc3)nc2)cc1)OCC. The number of nitrogens with zero attached hydrogens (tertiary/aromatic N) is 2. The Morgan fingerprint density at radius 3 is 2.06 bits per heavy atom. The number of amides is 1. The van der Waals surface area contributed by atoms with Crippen LogP contribution >= 0.6 is 7.60 Å². The minimum Gasteiger partial charge on any atom is -0.348 e. The van der Waals surface area contributed by atoms with Crippen LogP contribution in [0.15, 0.2) is 67.0 Å². The van der Waals surface area contributed by atoms with Gasteiger partial charge in [0.2, 0.25) is 0 Å². The number of carbonyl (C=O) groups excluding carboxylic acids is 1. The van der Waals surface area contributed by atoms with E-state index in [0.717, 1.165) is 16.7 Å². The van der Waals surface area contributed by atoms with Crippen molar-refractivity contribution in [3.8, 4) is 11.4 Å². The predicted octanol–water partition coefficient (Wildman–Crippen LogP) is 4.84. The number of carbonyl (C=O) groups is 1. The molecule has 3 rings (SSSR count). The summed E-state index contributed by atoms with van der Waals surface area (Å²) in [6.07, 6.45) is 3.26. The second-order valence-corrected chi connectivity index (χ2v) is 8.82. The summed E-state index contributed by atoms with van der Waals surface area (Å²) in [5.41, 5.74) is 3.06. The molecule has 1 N–H and O–H groups in total. The molecule has 0 aliphatic carbocycles. The van der Waals surface area contributed by atoms with E-state index in [-0.39, 0.29) is 12.1 Å². The normalized spacial score (nSPS) is 11.3. The molecule has 0 saturated heterocycles. The van der Waals surface area contributed by atoms with Crippen LogP contribution in [0.3, 0.4) is 0 Å². The van der Waals surface area contributed by atoms with Gasteiger partial charge in [-0.1, -0.05) is 54.6 Å². The quantitative estimate of drug-likeness (QED) is 0.455. The second-order valence-electron chi connectivity index (χ2n) is 6.77. The molecule has 0 spiro atoms. The Morgan fingerprint density at radius 1 is 0.903 bits per heavy atom. The molecular formula is C23H26N3O4P. The molecule has 0 saturated carbocycles. The molecule has 0 unspecified atom stereocenters. The average molecular weight is 439 g/mol. The largest absolute Gasteiger partial charge is 0.348 e. The second kappa shape index (κ2) is 11.0. The van der Waals surface area contributed by atoms with Crippen LogP contribution in [0.4, 0.5) is 0 Å². The molecule has 0 fully saturated rings. The smallest absolute Gasteiger partial charge is 0.335 e. The highest BCUT2D eigenvalue weighted by Gasteiger charge is 2.23. The van der Waals surface area contributed by atoms with Crippen LogP contribution in [0.2, 0.25) is 0 Å². The first-order valence-corrected chi connectivity index (χ1v) is 11.9. The Bertz CT molecular complexity index is 1010. The van der Waals surface area contributed by atoms with Gasteiger partial charge < -0.3 is 14.4 Å². The predicted molar refractivity (Wildman–Crippen MR) is 120 cm³/mol. The van der Waals surface area contributed by atoms with Gasteiger partial charge in [-0.3, -0.25) is 9.36 Å². The summed E-state index contributed by atoms with van der Waals surface area (Å²) in [4.78, 5) is 21.0. The van der Waals surface area contributed by atoms with E-state index in [0.29, 0.717) is 31.1 Å². The van der Waals surface area contributed by atoms with Crippen LogP contribution < -0.4 is 5.32 Å². The minimum absolute atomic E-state index is 0.215. The standard InChI is InChI=1S/C23H26N3O4P/c1-3-29-31(28,30-4-2)17-19-12-10-18(11-13-19)14-26-23(27)21-15-24-22(25-16-21)20-8-6-5-7-9-20/h5-13,15-16H,3-4,14,17H2,1-2H3,(H,26,27). The minimum atomic E-state index is -3.14. The van der Waals surface area contributed by atoms with Crippen molar-refractivity contribution in [2.45, 2.75) is 26.6 Å². The maximum Gasteiger partial charge on any atom is 0.335 e. The van der Waals surface area contributed by atoms with Crippen LogP contribution in [-0.4, -0.2) is 29.1 Å². The zero-order valence-corrected chi connectivity index (χ0v) is 18.5. The summed E-state index contributed by atoms with van der Waals surface area (Å²) >= 11 is 0. The monoisotopic (exact) mass is 439 g/mol. The van der Waals surface area contributed by atoms with E-state index >= 15 is 0 Å². The summed E-state index contributed by atoms with van der Waals surface area (Å²) in [6.45, 7) is 4.60.